The van der Waals surface area contributed by atoms with Crippen molar-refractivity contribution < 1.29 is 9.59 Å². The van der Waals surface area contributed by atoms with E-state index in [1.54, 1.807) is 12.5 Å². The number of hydrogen-bond acceptors (Lipinski definition) is 5. The van der Waals surface area contributed by atoms with Crippen molar-refractivity contribution in [3.8, 4) is 0 Å². The highest BCUT2D eigenvalue weighted by molar-refractivity contribution is 5.95. The molecule has 0 bridgehead atoms. The molecule has 2 aromatic heterocycles. The molecule has 0 spiro atoms. The van der Waals surface area contributed by atoms with E-state index in [2.05, 4.69) is 25.7 Å². The number of aromatic nitrogens is 4. The molecule has 0 radical (unpaired) electrons. The molecule has 9 heteroatoms. The molecule has 0 saturated heterocycles. The van der Waals surface area contributed by atoms with E-state index in [1.807, 2.05) is 0 Å². The Kier molecular flexibility index (Phi) is 3.40. The van der Waals surface area contributed by atoms with E-state index in [0.29, 0.717) is 18.7 Å². The number of rotatable bonds is 4. The quantitative estimate of drug-likeness (QED) is 0.558. The fourth-order valence-corrected chi connectivity index (χ4v) is 2.26. The van der Waals surface area contributed by atoms with Gasteiger partial charge in [0.1, 0.15) is 6.54 Å². The first kappa shape index (κ1) is 13.3. The van der Waals surface area contributed by atoms with Gasteiger partial charge in [-0.1, -0.05) is 0 Å². The zero-order valence-electron chi connectivity index (χ0n) is 11.2. The van der Waals surface area contributed by atoms with Crippen molar-refractivity contribution in [1.82, 2.24) is 25.1 Å². The lowest BCUT2D eigenvalue weighted by Gasteiger charge is -2.21. The van der Waals surface area contributed by atoms with Crippen molar-refractivity contribution in [3.05, 3.63) is 30.1 Å². The van der Waals surface area contributed by atoms with E-state index in [-0.39, 0.29) is 18.5 Å². The molecule has 2 amide bonds. The van der Waals surface area contributed by atoms with Crippen LogP contribution in [0.3, 0.4) is 0 Å². The monoisotopic (exact) mass is 289 g/mol. The first-order valence-corrected chi connectivity index (χ1v) is 6.48. The van der Waals surface area contributed by atoms with Crippen molar-refractivity contribution in [2.45, 2.75) is 25.6 Å². The molecule has 0 aliphatic carbocycles. The molecule has 9 nitrogen and oxygen atoms in total. The Morgan fingerprint density at radius 1 is 1.52 bits per heavy atom. The van der Waals surface area contributed by atoms with E-state index >= 15 is 0 Å². The maximum absolute atomic E-state index is 12.2. The molecule has 0 saturated carbocycles. The van der Waals surface area contributed by atoms with Crippen LogP contribution < -0.4 is 16.4 Å². The molecule has 0 fully saturated rings. The third-order valence-electron chi connectivity index (χ3n) is 3.27. The van der Waals surface area contributed by atoms with Gasteiger partial charge in [-0.25, -0.2) is 4.98 Å². The van der Waals surface area contributed by atoms with Gasteiger partial charge in [0.2, 0.25) is 11.8 Å². The SMILES string of the molecule is NC(=O)Cn1cc(NC(=O)C2Cc3nc[nH]c3CN2)cn1. The summed E-state index contributed by atoms with van der Waals surface area (Å²) in [6.07, 6.45) is 5.19. The maximum atomic E-state index is 12.2. The standard InChI is InChI=1S/C12H15N7O2/c13-11(20)5-19-4-7(2-17-19)18-12(21)9-1-8-10(3-14-9)16-6-15-8/h2,4,6,9,14H,1,3,5H2,(H2,13,20)(H,15,16)(H,18,21). The summed E-state index contributed by atoms with van der Waals surface area (Å²) in [4.78, 5) is 30.2. The van der Waals surface area contributed by atoms with E-state index < -0.39 is 5.91 Å². The van der Waals surface area contributed by atoms with Gasteiger partial charge in [0.05, 0.1) is 35.6 Å². The number of amides is 2. The van der Waals surface area contributed by atoms with Crippen LogP contribution in [0.2, 0.25) is 0 Å². The number of hydrogen-bond donors (Lipinski definition) is 4. The smallest absolute Gasteiger partial charge is 0.242 e. The molecule has 1 aliphatic rings. The van der Waals surface area contributed by atoms with Crippen molar-refractivity contribution >= 4 is 17.5 Å². The van der Waals surface area contributed by atoms with Gasteiger partial charge in [0.25, 0.3) is 0 Å². The topological polar surface area (TPSA) is 131 Å². The van der Waals surface area contributed by atoms with Crippen LogP contribution in [-0.2, 0) is 29.1 Å². The molecular formula is C12H15N7O2. The van der Waals surface area contributed by atoms with Crippen LogP contribution in [0, 0.1) is 0 Å². The van der Waals surface area contributed by atoms with Gasteiger partial charge in [0, 0.05) is 19.2 Å². The van der Waals surface area contributed by atoms with Crippen LogP contribution in [0.1, 0.15) is 11.4 Å². The van der Waals surface area contributed by atoms with Crippen LogP contribution in [0.15, 0.2) is 18.7 Å². The second-order valence-electron chi connectivity index (χ2n) is 4.85. The van der Waals surface area contributed by atoms with E-state index in [1.165, 1.54) is 10.9 Å². The number of aromatic amines is 1. The zero-order valence-corrected chi connectivity index (χ0v) is 11.2. The van der Waals surface area contributed by atoms with Crippen LogP contribution >= 0.6 is 0 Å². The van der Waals surface area contributed by atoms with Crippen LogP contribution in [-0.4, -0.2) is 37.6 Å². The molecule has 3 heterocycles. The number of nitrogens with one attached hydrogen (secondary N) is 3. The van der Waals surface area contributed by atoms with Gasteiger partial charge < -0.3 is 16.0 Å². The third-order valence-corrected chi connectivity index (χ3v) is 3.27. The van der Waals surface area contributed by atoms with Crippen molar-refractivity contribution in [3.63, 3.8) is 0 Å². The number of fused-ring (bicyclic) bond motifs is 1. The summed E-state index contributed by atoms with van der Waals surface area (Å²) in [5.74, 6) is -0.654. The average Bonchev–Trinajstić information content (AvgIpc) is 3.06. The number of H-pyrrole nitrogens is 1. The van der Waals surface area contributed by atoms with Gasteiger partial charge in [-0.2, -0.15) is 5.10 Å². The molecule has 1 atom stereocenters. The molecule has 3 rings (SSSR count). The molecular weight excluding hydrogens is 274 g/mol. The summed E-state index contributed by atoms with van der Waals surface area (Å²) in [5.41, 5.74) is 7.51. The number of carbonyl (C=O) groups excluding carboxylic acids is 2. The molecule has 21 heavy (non-hydrogen) atoms. The minimum atomic E-state index is -0.490. The predicted octanol–water partition coefficient (Wildman–Crippen LogP) is -1.26. The van der Waals surface area contributed by atoms with Crippen LogP contribution in [0.4, 0.5) is 5.69 Å². The molecule has 110 valence electrons. The highest BCUT2D eigenvalue weighted by Crippen LogP contribution is 2.14. The van der Waals surface area contributed by atoms with E-state index in [0.717, 1.165) is 11.4 Å². The Morgan fingerprint density at radius 3 is 3.19 bits per heavy atom. The third kappa shape index (κ3) is 2.92. The van der Waals surface area contributed by atoms with E-state index in [9.17, 15) is 9.59 Å². The summed E-state index contributed by atoms with van der Waals surface area (Å²) in [6.45, 7) is 0.558. The fourth-order valence-electron chi connectivity index (χ4n) is 2.26. The Balaban J connectivity index is 1.62. The molecule has 5 N–H and O–H groups in total. The highest BCUT2D eigenvalue weighted by Gasteiger charge is 2.25. The average molecular weight is 289 g/mol. The van der Waals surface area contributed by atoms with E-state index in [4.69, 9.17) is 5.73 Å². The lowest BCUT2D eigenvalue weighted by atomic mass is 10.0. The summed E-state index contributed by atoms with van der Waals surface area (Å²) in [7, 11) is 0. The largest absolute Gasteiger partial charge is 0.368 e. The summed E-state index contributed by atoms with van der Waals surface area (Å²) >= 11 is 0. The van der Waals surface area contributed by atoms with Gasteiger partial charge in [-0.05, 0) is 0 Å². The Hall–Kier alpha value is -2.68. The number of anilines is 1. The van der Waals surface area contributed by atoms with Gasteiger partial charge in [-0.15, -0.1) is 0 Å². The number of imidazole rings is 1. The predicted molar refractivity (Wildman–Crippen MR) is 73.0 cm³/mol. The number of nitrogens with zero attached hydrogens (tertiary/aromatic N) is 3. The lowest BCUT2D eigenvalue weighted by molar-refractivity contribution is -0.119. The summed E-state index contributed by atoms with van der Waals surface area (Å²) < 4.78 is 1.37. The Morgan fingerprint density at radius 2 is 2.38 bits per heavy atom. The zero-order chi connectivity index (χ0) is 14.8. The van der Waals surface area contributed by atoms with Gasteiger partial charge in [0.15, 0.2) is 0 Å². The fraction of sp³-hybridized carbons (Fsp3) is 0.333. The van der Waals surface area contributed by atoms with Gasteiger partial charge >= 0.3 is 0 Å². The second-order valence-corrected chi connectivity index (χ2v) is 4.85. The van der Waals surface area contributed by atoms with Crippen LogP contribution in [0.25, 0.3) is 0 Å². The van der Waals surface area contributed by atoms with Crippen molar-refractivity contribution in [2.75, 3.05) is 5.32 Å². The first-order chi connectivity index (χ1) is 10.1. The summed E-state index contributed by atoms with van der Waals surface area (Å²) in [5, 5.41) is 9.83. The minimum absolute atomic E-state index is 0.0197. The second kappa shape index (κ2) is 5.37. The molecule has 2 aromatic rings. The Bertz CT molecular complexity index is 675. The summed E-state index contributed by atoms with van der Waals surface area (Å²) in [6, 6.07) is -0.347. The Labute approximate surface area is 119 Å². The molecule has 1 aliphatic heterocycles. The van der Waals surface area contributed by atoms with Crippen LogP contribution in [0.5, 0.6) is 0 Å². The normalized spacial score (nSPS) is 17.2. The van der Waals surface area contributed by atoms with Crippen molar-refractivity contribution in [2.24, 2.45) is 5.73 Å². The number of primary amides is 1. The van der Waals surface area contributed by atoms with Gasteiger partial charge in [-0.3, -0.25) is 19.6 Å². The molecule has 0 aromatic carbocycles. The van der Waals surface area contributed by atoms with Crippen molar-refractivity contribution in [1.29, 1.82) is 0 Å². The first-order valence-electron chi connectivity index (χ1n) is 6.48. The highest BCUT2D eigenvalue weighted by atomic mass is 16.2. The number of carbonyl (C=O) groups is 2. The maximum Gasteiger partial charge on any atom is 0.242 e. The minimum Gasteiger partial charge on any atom is -0.368 e. The molecule has 1 unspecified atom stereocenters. The number of nitrogens with two attached hydrogens (primary N) is 1. The lowest BCUT2D eigenvalue weighted by Crippen LogP contribution is -2.44.